The van der Waals surface area contributed by atoms with Gasteiger partial charge in [0.1, 0.15) is 5.60 Å². The van der Waals surface area contributed by atoms with Crippen LogP contribution >= 0.6 is 7.37 Å². The second kappa shape index (κ2) is 6.41. The van der Waals surface area contributed by atoms with Gasteiger partial charge in [-0.1, -0.05) is 13.8 Å². The maximum absolute atomic E-state index is 12.6. The Hall–Kier alpha value is -0.340. The van der Waals surface area contributed by atoms with Crippen LogP contribution in [0, 0.1) is 5.92 Å². The molecule has 0 saturated heterocycles. The monoisotopic (exact) mass is 292 g/mol. The molecule has 2 atom stereocenters. The third-order valence-corrected chi connectivity index (χ3v) is 5.23. The van der Waals surface area contributed by atoms with Crippen LogP contribution in [0.25, 0.3) is 0 Å². The Labute approximate surface area is 117 Å². The summed E-state index contributed by atoms with van der Waals surface area (Å²) in [5.41, 5.74) is -0.994. The number of hydrogen-bond acceptors (Lipinski definition) is 4. The summed E-state index contributed by atoms with van der Waals surface area (Å²) in [6, 6.07) is 0. The van der Waals surface area contributed by atoms with Gasteiger partial charge in [-0.15, -0.1) is 0 Å². The van der Waals surface area contributed by atoms with Crippen molar-refractivity contribution >= 4 is 13.3 Å². The normalized spacial score (nSPS) is 17.7. The van der Waals surface area contributed by atoms with Crippen LogP contribution in [0.15, 0.2) is 0 Å². The van der Waals surface area contributed by atoms with Gasteiger partial charge in [-0.2, -0.15) is 0 Å². The fraction of sp³-hybridized carbons (Fsp3) is 0.929. The lowest BCUT2D eigenvalue weighted by Crippen LogP contribution is -2.30. The molecule has 0 aliphatic carbocycles. The summed E-state index contributed by atoms with van der Waals surface area (Å²) >= 11 is 0. The fourth-order valence-electron chi connectivity index (χ4n) is 1.62. The Morgan fingerprint density at radius 1 is 1.11 bits per heavy atom. The first-order valence-electron chi connectivity index (χ1n) is 6.80. The third-order valence-electron chi connectivity index (χ3n) is 2.28. The highest BCUT2D eigenvalue weighted by atomic mass is 31.2. The van der Waals surface area contributed by atoms with Gasteiger partial charge in [-0.3, -0.25) is 9.36 Å². The zero-order chi connectivity index (χ0) is 15.5. The topological polar surface area (TPSA) is 52.6 Å². The van der Waals surface area contributed by atoms with Crippen LogP contribution in [0.4, 0.5) is 0 Å². The molecule has 2 unspecified atom stereocenters. The van der Waals surface area contributed by atoms with Gasteiger partial charge >= 0.3 is 5.97 Å². The number of carbonyl (C=O) groups is 1. The summed E-state index contributed by atoms with van der Waals surface area (Å²) in [7, 11) is -2.80. The molecule has 4 nitrogen and oxygen atoms in total. The Balaban J connectivity index is 4.71. The van der Waals surface area contributed by atoms with Crippen LogP contribution < -0.4 is 0 Å². The minimum absolute atomic E-state index is 0.232. The van der Waals surface area contributed by atoms with E-state index in [9.17, 15) is 9.36 Å². The lowest BCUT2D eigenvalue weighted by atomic mass is 10.1. The Morgan fingerprint density at radius 3 is 1.89 bits per heavy atom. The molecule has 0 rings (SSSR count). The maximum atomic E-state index is 12.6. The smallest absolute Gasteiger partial charge is 0.309 e. The van der Waals surface area contributed by atoms with Gasteiger partial charge in [0.25, 0.3) is 0 Å². The molecule has 0 bridgehead atoms. The summed E-state index contributed by atoms with van der Waals surface area (Å²) in [4.78, 5) is 11.9. The van der Waals surface area contributed by atoms with Crippen molar-refractivity contribution in [2.24, 2.45) is 5.92 Å². The fourth-order valence-corrected chi connectivity index (χ4v) is 4.07. The second-order valence-corrected chi connectivity index (χ2v) is 9.76. The molecule has 0 amide bonds. The van der Waals surface area contributed by atoms with Crippen molar-refractivity contribution in [3.63, 3.8) is 0 Å². The minimum atomic E-state index is -2.80. The average molecular weight is 292 g/mol. The minimum Gasteiger partial charge on any atom is -0.460 e. The molecule has 0 aromatic carbocycles. The summed E-state index contributed by atoms with van der Waals surface area (Å²) in [6.45, 7) is 14.6. The van der Waals surface area contributed by atoms with E-state index in [1.807, 2.05) is 48.5 Å². The molecule has 0 saturated carbocycles. The molecular weight excluding hydrogens is 263 g/mol. The Bertz CT molecular complexity index is 349. The van der Waals surface area contributed by atoms with E-state index in [0.29, 0.717) is 6.16 Å². The molecule has 0 radical (unpaired) electrons. The van der Waals surface area contributed by atoms with Gasteiger partial charge in [-0.05, 0) is 41.5 Å². The summed E-state index contributed by atoms with van der Waals surface area (Å²) < 4.78 is 23.6. The predicted molar refractivity (Wildman–Crippen MR) is 78.9 cm³/mol. The number of rotatable bonds is 5. The average Bonchev–Trinajstić information content (AvgIpc) is 2.11. The van der Waals surface area contributed by atoms with E-state index < -0.39 is 24.5 Å². The van der Waals surface area contributed by atoms with Crippen LogP contribution in [-0.4, -0.2) is 29.5 Å². The van der Waals surface area contributed by atoms with Crippen molar-refractivity contribution in [3.8, 4) is 0 Å². The van der Waals surface area contributed by atoms with Gasteiger partial charge in [0.2, 0.25) is 7.37 Å². The Morgan fingerprint density at radius 2 is 1.58 bits per heavy atom. The van der Waals surface area contributed by atoms with Gasteiger partial charge in [0, 0.05) is 12.3 Å². The molecule has 5 heteroatoms. The highest BCUT2D eigenvalue weighted by Crippen LogP contribution is 2.51. The standard InChI is InChI=1S/C14H29O4P/c1-9-19(16,18-14(6,7)8)10-11(2)12(15)17-13(3,4)5/h11H,9-10H2,1-8H3. The number of hydrogen-bond donors (Lipinski definition) is 0. The predicted octanol–water partition coefficient (Wildman–Crippen LogP) is 4.08. The van der Waals surface area contributed by atoms with E-state index in [0.717, 1.165) is 0 Å². The van der Waals surface area contributed by atoms with Crippen molar-refractivity contribution in [3.05, 3.63) is 0 Å². The maximum Gasteiger partial charge on any atom is 0.309 e. The largest absolute Gasteiger partial charge is 0.460 e. The molecule has 0 aliphatic heterocycles. The van der Waals surface area contributed by atoms with Crippen LogP contribution in [-0.2, 0) is 18.6 Å². The number of carbonyl (C=O) groups excluding carboxylic acids is 1. The SMILES string of the molecule is CCP(=O)(CC(C)C(=O)OC(C)(C)C)OC(C)(C)C. The molecule has 0 aliphatic rings. The van der Waals surface area contributed by atoms with E-state index in [4.69, 9.17) is 9.26 Å². The van der Waals surface area contributed by atoms with Crippen LogP contribution in [0.2, 0.25) is 0 Å². The van der Waals surface area contributed by atoms with Crippen molar-refractivity contribution < 1.29 is 18.6 Å². The van der Waals surface area contributed by atoms with Crippen molar-refractivity contribution in [1.82, 2.24) is 0 Å². The first-order valence-corrected chi connectivity index (χ1v) is 8.79. The summed E-state index contributed by atoms with van der Waals surface area (Å²) in [5, 5.41) is 0. The van der Waals surface area contributed by atoms with Crippen LogP contribution in [0.5, 0.6) is 0 Å². The molecule has 19 heavy (non-hydrogen) atoms. The van der Waals surface area contributed by atoms with Gasteiger partial charge in [0.05, 0.1) is 11.5 Å². The van der Waals surface area contributed by atoms with Crippen LogP contribution in [0.3, 0.4) is 0 Å². The summed E-state index contributed by atoms with van der Waals surface area (Å²) in [5.74, 6) is -0.744. The zero-order valence-corrected chi connectivity index (χ0v) is 14.5. The van der Waals surface area contributed by atoms with E-state index >= 15 is 0 Å². The number of esters is 1. The first-order chi connectivity index (χ1) is 8.28. The zero-order valence-electron chi connectivity index (χ0n) is 13.6. The molecule has 0 aromatic rings. The van der Waals surface area contributed by atoms with E-state index in [1.54, 1.807) is 6.92 Å². The molecule has 114 valence electrons. The second-order valence-electron chi connectivity index (χ2n) is 6.95. The molecule has 0 aromatic heterocycles. The van der Waals surface area contributed by atoms with Gasteiger partial charge in [-0.25, -0.2) is 0 Å². The highest BCUT2D eigenvalue weighted by molar-refractivity contribution is 7.59. The quantitative estimate of drug-likeness (QED) is 0.566. The van der Waals surface area contributed by atoms with Gasteiger partial charge in [0.15, 0.2) is 0 Å². The molecule has 0 heterocycles. The van der Waals surface area contributed by atoms with Crippen LogP contribution in [0.1, 0.15) is 55.4 Å². The van der Waals surface area contributed by atoms with Crippen molar-refractivity contribution in [2.45, 2.75) is 66.6 Å². The Kier molecular flexibility index (Phi) is 6.29. The molecule has 0 N–H and O–H groups in total. The third kappa shape index (κ3) is 8.43. The lowest BCUT2D eigenvalue weighted by Gasteiger charge is -2.29. The van der Waals surface area contributed by atoms with Crippen molar-refractivity contribution in [2.75, 3.05) is 12.3 Å². The lowest BCUT2D eigenvalue weighted by molar-refractivity contribution is -0.158. The van der Waals surface area contributed by atoms with E-state index in [2.05, 4.69) is 0 Å². The number of ether oxygens (including phenoxy) is 1. The molecular formula is C14H29O4P. The first kappa shape index (κ1) is 18.7. The molecule has 0 fully saturated rings. The van der Waals surface area contributed by atoms with Crippen molar-refractivity contribution in [1.29, 1.82) is 0 Å². The molecule has 0 spiro atoms. The summed E-state index contributed by atoms with van der Waals surface area (Å²) in [6.07, 6.45) is 0.660. The van der Waals surface area contributed by atoms with E-state index in [1.165, 1.54) is 0 Å². The highest BCUT2D eigenvalue weighted by Gasteiger charge is 2.33. The van der Waals surface area contributed by atoms with E-state index in [-0.39, 0.29) is 12.1 Å². The van der Waals surface area contributed by atoms with Gasteiger partial charge < -0.3 is 9.26 Å².